The number of amides is 2. The third kappa shape index (κ3) is 8.93. The Balaban J connectivity index is 1.80. The number of Topliss-reactive ketones (excluding diaryl/α,β-unsaturated/α-hetero) is 1. The SMILES string of the molecule is CCOC(=O)CC(=O)CSc1cccc(NC(=O)/C(=C\c2ccccc2[N+](=O)[O-])NC(=O)c2ccccc2)c1. The van der Waals surface area contributed by atoms with Crippen molar-refractivity contribution in [3.8, 4) is 0 Å². The Hall–Kier alpha value is -4.77. The molecule has 10 nitrogen and oxygen atoms in total. The summed E-state index contributed by atoms with van der Waals surface area (Å²) in [5.74, 6) is -2.13. The van der Waals surface area contributed by atoms with Gasteiger partial charge in [0.2, 0.25) is 0 Å². The molecule has 0 atom stereocenters. The fourth-order valence-electron chi connectivity index (χ4n) is 3.32. The minimum atomic E-state index is -0.710. The zero-order valence-corrected chi connectivity index (χ0v) is 21.7. The zero-order valence-electron chi connectivity index (χ0n) is 20.9. The number of esters is 1. The Kier molecular flexibility index (Phi) is 10.5. The summed E-state index contributed by atoms with van der Waals surface area (Å²) < 4.78 is 4.78. The number of hydrogen-bond acceptors (Lipinski definition) is 8. The van der Waals surface area contributed by atoms with Crippen LogP contribution in [0.2, 0.25) is 0 Å². The van der Waals surface area contributed by atoms with Crippen LogP contribution in [0.15, 0.2) is 89.5 Å². The van der Waals surface area contributed by atoms with Gasteiger partial charge >= 0.3 is 5.97 Å². The van der Waals surface area contributed by atoms with Crippen molar-refractivity contribution in [1.29, 1.82) is 0 Å². The average Bonchev–Trinajstić information content (AvgIpc) is 2.92. The summed E-state index contributed by atoms with van der Waals surface area (Å²) in [6, 6.07) is 20.7. The Morgan fingerprint density at radius 3 is 2.41 bits per heavy atom. The van der Waals surface area contributed by atoms with Gasteiger partial charge in [-0.2, -0.15) is 0 Å². The quantitative estimate of drug-likeness (QED) is 0.0835. The van der Waals surface area contributed by atoms with Crippen LogP contribution in [0.5, 0.6) is 0 Å². The van der Waals surface area contributed by atoms with E-state index in [-0.39, 0.29) is 41.5 Å². The van der Waals surface area contributed by atoms with Crippen LogP contribution in [0.25, 0.3) is 6.08 Å². The lowest BCUT2D eigenvalue weighted by molar-refractivity contribution is -0.385. The van der Waals surface area contributed by atoms with E-state index in [1.165, 1.54) is 36.0 Å². The van der Waals surface area contributed by atoms with E-state index in [2.05, 4.69) is 10.6 Å². The molecule has 2 N–H and O–H groups in total. The Morgan fingerprint density at radius 1 is 0.974 bits per heavy atom. The molecule has 0 bridgehead atoms. The number of nitro groups is 1. The van der Waals surface area contributed by atoms with E-state index < -0.39 is 22.7 Å². The topological polar surface area (TPSA) is 145 Å². The maximum Gasteiger partial charge on any atom is 0.313 e. The molecule has 3 rings (SSSR count). The summed E-state index contributed by atoms with van der Waals surface area (Å²) in [5, 5.41) is 16.7. The van der Waals surface area contributed by atoms with E-state index in [4.69, 9.17) is 4.74 Å². The number of nitro benzene ring substituents is 1. The molecule has 11 heteroatoms. The van der Waals surface area contributed by atoms with Crippen molar-refractivity contribution >= 4 is 52.8 Å². The fourth-order valence-corrected chi connectivity index (χ4v) is 4.14. The lowest BCUT2D eigenvalue weighted by Gasteiger charge is -2.12. The zero-order chi connectivity index (χ0) is 28.2. The van der Waals surface area contributed by atoms with Gasteiger partial charge in [-0.3, -0.25) is 29.3 Å². The molecule has 200 valence electrons. The van der Waals surface area contributed by atoms with Gasteiger partial charge in [0.25, 0.3) is 17.5 Å². The van der Waals surface area contributed by atoms with Crippen LogP contribution >= 0.6 is 11.8 Å². The van der Waals surface area contributed by atoms with Crippen molar-refractivity contribution in [1.82, 2.24) is 5.32 Å². The maximum atomic E-state index is 13.2. The molecule has 0 fully saturated rings. The predicted molar refractivity (Wildman–Crippen MR) is 147 cm³/mol. The van der Waals surface area contributed by atoms with E-state index in [1.54, 1.807) is 67.6 Å². The van der Waals surface area contributed by atoms with Gasteiger partial charge in [0.1, 0.15) is 12.1 Å². The first-order chi connectivity index (χ1) is 18.8. The number of carbonyl (C=O) groups is 4. The number of hydrogen-bond donors (Lipinski definition) is 2. The predicted octanol–water partition coefficient (Wildman–Crippen LogP) is 4.62. The number of nitrogens with one attached hydrogen (secondary N) is 2. The molecule has 0 saturated carbocycles. The highest BCUT2D eigenvalue weighted by Crippen LogP contribution is 2.24. The first-order valence-electron chi connectivity index (χ1n) is 11.8. The number of rotatable bonds is 12. The van der Waals surface area contributed by atoms with E-state index in [0.717, 1.165) is 0 Å². The largest absolute Gasteiger partial charge is 0.466 e. The highest BCUT2D eigenvalue weighted by molar-refractivity contribution is 8.00. The maximum absolute atomic E-state index is 13.2. The van der Waals surface area contributed by atoms with Gasteiger partial charge in [-0.25, -0.2) is 0 Å². The Bertz CT molecular complexity index is 1410. The second-order valence-corrected chi connectivity index (χ2v) is 9.03. The summed E-state index contributed by atoms with van der Waals surface area (Å²) in [6.45, 7) is 1.85. The van der Waals surface area contributed by atoms with Crippen molar-refractivity contribution in [3.63, 3.8) is 0 Å². The standard InChI is InChI=1S/C28H25N3O7S/c1-2-38-26(33)17-22(32)18-39-23-13-8-12-21(16-23)29-28(35)24(30-27(34)19-9-4-3-5-10-19)15-20-11-6-7-14-25(20)31(36)37/h3-16H,2,17-18H2,1H3,(H,29,35)(H,30,34)/b24-15+. The van der Waals surface area contributed by atoms with Crippen LogP contribution < -0.4 is 10.6 Å². The minimum absolute atomic E-state index is 0.0339. The highest BCUT2D eigenvalue weighted by atomic mass is 32.2. The van der Waals surface area contributed by atoms with Crippen molar-refractivity contribution in [2.75, 3.05) is 17.7 Å². The fraction of sp³-hybridized carbons (Fsp3) is 0.143. The Morgan fingerprint density at radius 2 is 1.69 bits per heavy atom. The van der Waals surface area contributed by atoms with E-state index in [9.17, 15) is 29.3 Å². The lowest BCUT2D eigenvalue weighted by Crippen LogP contribution is -2.30. The first kappa shape index (κ1) is 28.8. The molecule has 39 heavy (non-hydrogen) atoms. The summed E-state index contributed by atoms with van der Waals surface area (Å²) in [5.41, 5.74) is 0.351. The molecule has 0 aromatic heterocycles. The summed E-state index contributed by atoms with van der Waals surface area (Å²) in [7, 11) is 0. The number of anilines is 1. The number of ether oxygens (including phenoxy) is 1. The molecule has 3 aromatic carbocycles. The van der Waals surface area contributed by atoms with Crippen LogP contribution in [0.1, 0.15) is 29.3 Å². The van der Waals surface area contributed by atoms with Gasteiger partial charge in [-0.15, -0.1) is 11.8 Å². The van der Waals surface area contributed by atoms with E-state index >= 15 is 0 Å². The van der Waals surface area contributed by atoms with Gasteiger partial charge in [0, 0.05) is 22.2 Å². The van der Waals surface area contributed by atoms with Crippen LogP contribution in [-0.2, 0) is 19.1 Å². The average molecular weight is 548 g/mol. The minimum Gasteiger partial charge on any atom is -0.466 e. The van der Waals surface area contributed by atoms with Crippen LogP contribution in [0.4, 0.5) is 11.4 Å². The monoisotopic (exact) mass is 547 g/mol. The molecule has 0 saturated heterocycles. The molecule has 0 aliphatic carbocycles. The number of para-hydroxylation sites is 1. The number of carbonyl (C=O) groups excluding carboxylic acids is 4. The third-order valence-corrected chi connectivity index (χ3v) is 6.15. The van der Waals surface area contributed by atoms with E-state index in [0.29, 0.717) is 16.1 Å². The number of benzene rings is 3. The number of ketones is 1. The normalized spacial score (nSPS) is 10.8. The molecule has 3 aromatic rings. The summed E-state index contributed by atoms with van der Waals surface area (Å²) in [6.07, 6.45) is 0.916. The van der Waals surface area contributed by atoms with Gasteiger partial charge in [-0.1, -0.05) is 36.4 Å². The third-order valence-electron chi connectivity index (χ3n) is 5.10. The summed E-state index contributed by atoms with van der Waals surface area (Å²) in [4.78, 5) is 61.1. The van der Waals surface area contributed by atoms with Crippen LogP contribution in [0.3, 0.4) is 0 Å². The van der Waals surface area contributed by atoms with Crippen LogP contribution in [0, 0.1) is 10.1 Å². The lowest BCUT2D eigenvalue weighted by atomic mass is 10.1. The van der Waals surface area contributed by atoms with Crippen molar-refractivity contribution in [3.05, 3.63) is 106 Å². The van der Waals surface area contributed by atoms with Crippen molar-refractivity contribution in [2.24, 2.45) is 0 Å². The highest BCUT2D eigenvalue weighted by Gasteiger charge is 2.18. The molecule has 0 unspecified atom stereocenters. The van der Waals surface area contributed by atoms with Crippen molar-refractivity contribution in [2.45, 2.75) is 18.2 Å². The van der Waals surface area contributed by atoms with Crippen LogP contribution in [-0.4, -0.2) is 40.8 Å². The number of nitrogens with zero attached hydrogens (tertiary/aromatic N) is 1. The molecule has 0 aliphatic heterocycles. The van der Waals surface area contributed by atoms with Gasteiger partial charge in [-0.05, 0) is 49.4 Å². The molecule has 2 amide bonds. The van der Waals surface area contributed by atoms with Gasteiger partial charge < -0.3 is 15.4 Å². The Labute approximate surface area is 228 Å². The second kappa shape index (κ2) is 14.2. The number of thioether (sulfide) groups is 1. The molecular weight excluding hydrogens is 522 g/mol. The van der Waals surface area contributed by atoms with Gasteiger partial charge in [0.05, 0.1) is 22.8 Å². The molecule has 0 radical (unpaired) electrons. The molecule has 0 heterocycles. The first-order valence-corrected chi connectivity index (χ1v) is 12.8. The van der Waals surface area contributed by atoms with E-state index in [1.807, 2.05) is 0 Å². The molecule has 0 spiro atoms. The van der Waals surface area contributed by atoms with Gasteiger partial charge in [0.15, 0.2) is 5.78 Å². The van der Waals surface area contributed by atoms with Crippen molar-refractivity contribution < 1.29 is 28.8 Å². The molecule has 0 aliphatic rings. The molecular formula is C28H25N3O7S. The summed E-state index contributed by atoms with van der Waals surface area (Å²) >= 11 is 1.19. The second-order valence-electron chi connectivity index (χ2n) is 7.99. The smallest absolute Gasteiger partial charge is 0.313 e.